The Kier molecular flexibility index (Phi) is 2.96. The molecule has 0 unspecified atom stereocenters. The molecule has 0 bridgehead atoms. The smallest absolute Gasteiger partial charge is 0.213 e. The van der Waals surface area contributed by atoms with Crippen LogP contribution in [0.15, 0.2) is 33.6 Å². The Balaban J connectivity index is 2.05. The molecule has 0 aliphatic heterocycles. The molecule has 2 aromatic rings. The molecule has 0 saturated heterocycles. The van der Waals surface area contributed by atoms with Gasteiger partial charge in [0.2, 0.25) is 12.2 Å². The average molecular weight is 273 g/mol. The maximum absolute atomic E-state index is 12.9. The number of ether oxygens (including phenoxy) is 1. The van der Waals surface area contributed by atoms with Gasteiger partial charge in [0, 0.05) is 10.5 Å². The van der Waals surface area contributed by atoms with E-state index in [2.05, 4.69) is 30.6 Å². The first kappa shape index (κ1) is 10.1. The molecular weight excluding hydrogens is 267 g/mol. The van der Waals surface area contributed by atoms with Crippen LogP contribution in [-0.2, 0) is 6.61 Å². The zero-order valence-corrected chi connectivity index (χ0v) is 9.07. The first-order valence-corrected chi connectivity index (χ1v) is 4.87. The highest BCUT2D eigenvalue weighted by Gasteiger charge is 2.02. The van der Waals surface area contributed by atoms with Gasteiger partial charge in [-0.15, -0.1) is 0 Å². The molecule has 0 aliphatic carbocycles. The van der Waals surface area contributed by atoms with Crippen LogP contribution in [0.3, 0.4) is 0 Å². The molecular formula is C9H6BrFN2O2. The van der Waals surface area contributed by atoms with Gasteiger partial charge in [0.25, 0.3) is 0 Å². The van der Waals surface area contributed by atoms with E-state index in [9.17, 15) is 4.39 Å². The summed E-state index contributed by atoms with van der Waals surface area (Å²) in [4.78, 5) is 3.77. The van der Waals surface area contributed by atoms with Crippen molar-refractivity contribution in [1.82, 2.24) is 10.1 Å². The maximum Gasteiger partial charge on any atom is 0.213 e. The fraction of sp³-hybridized carbons (Fsp3) is 0.111. The van der Waals surface area contributed by atoms with Gasteiger partial charge < -0.3 is 9.26 Å². The van der Waals surface area contributed by atoms with Crippen LogP contribution in [0.4, 0.5) is 4.39 Å². The summed E-state index contributed by atoms with van der Waals surface area (Å²) in [5.41, 5.74) is 0. The van der Waals surface area contributed by atoms with Crippen molar-refractivity contribution in [1.29, 1.82) is 0 Å². The number of aromatic nitrogens is 2. The molecule has 0 aliphatic rings. The molecule has 2 rings (SSSR count). The fourth-order valence-corrected chi connectivity index (χ4v) is 1.46. The van der Waals surface area contributed by atoms with Crippen LogP contribution in [0.2, 0.25) is 0 Å². The van der Waals surface area contributed by atoms with Crippen molar-refractivity contribution >= 4 is 15.9 Å². The Bertz CT molecular complexity index is 427. The molecule has 0 atom stereocenters. The second kappa shape index (κ2) is 4.39. The van der Waals surface area contributed by atoms with Gasteiger partial charge in [0.1, 0.15) is 11.6 Å². The highest BCUT2D eigenvalue weighted by atomic mass is 79.9. The lowest BCUT2D eigenvalue weighted by molar-refractivity contribution is 0.285. The Morgan fingerprint density at radius 2 is 2.27 bits per heavy atom. The minimum absolute atomic E-state index is 0.145. The van der Waals surface area contributed by atoms with Crippen LogP contribution in [0, 0.1) is 5.82 Å². The van der Waals surface area contributed by atoms with Gasteiger partial charge >= 0.3 is 0 Å². The third-order valence-corrected chi connectivity index (χ3v) is 2.07. The van der Waals surface area contributed by atoms with E-state index in [0.717, 1.165) is 0 Å². The zero-order valence-electron chi connectivity index (χ0n) is 7.48. The molecule has 1 aromatic heterocycles. The minimum atomic E-state index is -0.368. The van der Waals surface area contributed by atoms with Gasteiger partial charge in [0.15, 0.2) is 6.61 Å². The lowest BCUT2D eigenvalue weighted by Crippen LogP contribution is -1.97. The van der Waals surface area contributed by atoms with Crippen molar-refractivity contribution in [3.05, 3.63) is 40.7 Å². The monoisotopic (exact) mass is 272 g/mol. The highest BCUT2D eigenvalue weighted by Crippen LogP contribution is 2.21. The SMILES string of the molecule is Fc1cc(Br)cc(OCc2ncon2)c1. The third kappa shape index (κ3) is 2.76. The van der Waals surface area contributed by atoms with Gasteiger partial charge in [-0.1, -0.05) is 21.1 Å². The minimum Gasteiger partial charge on any atom is -0.485 e. The summed E-state index contributed by atoms with van der Waals surface area (Å²) in [7, 11) is 0. The molecule has 0 saturated carbocycles. The molecule has 78 valence electrons. The largest absolute Gasteiger partial charge is 0.485 e. The second-order valence-electron chi connectivity index (χ2n) is 2.74. The molecule has 0 fully saturated rings. The summed E-state index contributed by atoms with van der Waals surface area (Å²) in [5, 5.41) is 3.56. The van der Waals surface area contributed by atoms with Crippen molar-refractivity contribution in [2.24, 2.45) is 0 Å². The van der Waals surface area contributed by atoms with E-state index in [-0.39, 0.29) is 12.4 Å². The Morgan fingerprint density at radius 3 is 2.93 bits per heavy atom. The quantitative estimate of drug-likeness (QED) is 0.862. The first-order valence-electron chi connectivity index (χ1n) is 4.08. The van der Waals surface area contributed by atoms with Crippen LogP contribution in [0.25, 0.3) is 0 Å². The van der Waals surface area contributed by atoms with E-state index >= 15 is 0 Å². The summed E-state index contributed by atoms with van der Waals surface area (Å²) in [6.07, 6.45) is 1.21. The Hall–Kier alpha value is -1.43. The van der Waals surface area contributed by atoms with Crippen LogP contribution in [0.1, 0.15) is 5.82 Å². The number of hydrogen-bond donors (Lipinski definition) is 0. The summed E-state index contributed by atoms with van der Waals surface area (Å²) in [6.45, 7) is 0.145. The normalized spacial score (nSPS) is 10.3. The van der Waals surface area contributed by atoms with E-state index < -0.39 is 0 Å². The van der Waals surface area contributed by atoms with Crippen molar-refractivity contribution in [3.63, 3.8) is 0 Å². The molecule has 1 heterocycles. The van der Waals surface area contributed by atoms with E-state index in [0.29, 0.717) is 16.0 Å². The van der Waals surface area contributed by atoms with Gasteiger partial charge in [-0.3, -0.25) is 0 Å². The summed E-state index contributed by atoms with van der Waals surface area (Å²) < 4.78 is 23.3. The van der Waals surface area contributed by atoms with Crippen molar-refractivity contribution < 1.29 is 13.7 Å². The number of nitrogens with zero attached hydrogens (tertiary/aromatic N) is 2. The topological polar surface area (TPSA) is 48.2 Å². The summed E-state index contributed by atoms with van der Waals surface area (Å²) >= 11 is 3.16. The van der Waals surface area contributed by atoms with E-state index in [1.807, 2.05) is 0 Å². The van der Waals surface area contributed by atoms with E-state index in [1.165, 1.54) is 18.5 Å². The number of rotatable bonds is 3. The van der Waals surface area contributed by atoms with Crippen molar-refractivity contribution in [2.75, 3.05) is 0 Å². The molecule has 15 heavy (non-hydrogen) atoms. The van der Waals surface area contributed by atoms with E-state index in [1.54, 1.807) is 6.07 Å². The van der Waals surface area contributed by atoms with Gasteiger partial charge in [-0.2, -0.15) is 4.98 Å². The van der Waals surface area contributed by atoms with Crippen LogP contribution >= 0.6 is 15.9 Å². The van der Waals surface area contributed by atoms with E-state index in [4.69, 9.17) is 4.74 Å². The zero-order chi connectivity index (χ0) is 10.7. The molecule has 4 nitrogen and oxygen atoms in total. The number of hydrogen-bond acceptors (Lipinski definition) is 4. The fourth-order valence-electron chi connectivity index (χ4n) is 1.02. The molecule has 0 amide bonds. The lowest BCUT2D eigenvalue weighted by atomic mass is 10.3. The molecule has 1 aromatic carbocycles. The average Bonchev–Trinajstić information content (AvgIpc) is 2.65. The highest BCUT2D eigenvalue weighted by molar-refractivity contribution is 9.10. The van der Waals surface area contributed by atoms with Crippen LogP contribution < -0.4 is 4.74 Å². The van der Waals surface area contributed by atoms with Crippen molar-refractivity contribution in [3.8, 4) is 5.75 Å². The second-order valence-corrected chi connectivity index (χ2v) is 3.66. The maximum atomic E-state index is 12.9. The van der Waals surface area contributed by atoms with Gasteiger partial charge in [-0.25, -0.2) is 4.39 Å². The third-order valence-electron chi connectivity index (χ3n) is 1.61. The molecule has 0 N–H and O–H groups in total. The molecule has 0 spiro atoms. The Labute approximate surface area is 93.2 Å². The standard InChI is InChI=1S/C9H6BrFN2O2/c10-6-1-7(11)3-8(2-6)14-4-9-12-5-15-13-9/h1-3,5H,4H2. The summed E-state index contributed by atoms with van der Waals surface area (Å²) in [5.74, 6) is 0.453. The predicted molar refractivity (Wildman–Crippen MR) is 52.7 cm³/mol. The van der Waals surface area contributed by atoms with Crippen LogP contribution in [-0.4, -0.2) is 10.1 Å². The van der Waals surface area contributed by atoms with Gasteiger partial charge in [-0.05, 0) is 12.1 Å². The lowest BCUT2D eigenvalue weighted by Gasteiger charge is -2.03. The Morgan fingerprint density at radius 1 is 1.40 bits per heavy atom. The van der Waals surface area contributed by atoms with Gasteiger partial charge in [0.05, 0.1) is 0 Å². The summed E-state index contributed by atoms with van der Waals surface area (Å²) in [6, 6.07) is 4.29. The molecule has 6 heteroatoms. The number of halogens is 2. The van der Waals surface area contributed by atoms with Crippen molar-refractivity contribution in [2.45, 2.75) is 6.61 Å². The predicted octanol–water partition coefficient (Wildman–Crippen LogP) is 2.55. The van der Waals surface area contributed by atoms with Crippen LogP contribution in [0.5, 0.6) is 5.75 Å². The molecule has 0 radical (unpaired) electrons. The number of benzene rings is 1. The first-order chi connectivity index (χ1) is 7.24.